The van der Waals surface area contributed by atoms with Crippen LogP contribution in [0.25, 0.3) is 16.9 Å². The van der Waals surface area contributed by atoms with Crippen LogP contribution in [0.5, 0.6) is 0 Å². The summed E-state index contributed by atoms with van der Waals surface area (Å²) in [5.74, 6) is -3.14. The molecular formula is C20H20F3N5O4. The Bertz CT molecular complexity index is 1180. The number of nitrogens with one attached hydrogen (secondary N) is 2. The number of primary amides is 1. The summed E-state index contributed by atoms with van der Waals surface area (Å²) in [5, 5.41) is 15.1. The Morgan fingerprint density at radius 2 is 1.75 bits per heavy atom. The van der Waals surface area contributed by atoms with E-state index in [1.165, 1.54) is 0 Å². The maximum Gasteiger partial charge on any atom is 0.490 e. The number of H-pyrrole nitrogens is 1. The Labute approximate surface area is 179 Å². The highest BCUT2D eigenvalue weighted by atomic mass is 19.4. The van der Waals surface area contributed by atoms with E-state index in [0.29, 0.717) is 11.3 Å². The minimum absolute atomic E-state index is 0.218. The average molecular weight is 451 g/mol. The van der Waals surface area contributed by atoms with E-state index in [4.69, 9.17) is 15.6 Å². The number of amides is 1. The molecule has 1 saturated heterocycles. The van der Waals surface area contributed by atoms with Crippen LogP contribution in [0.2, 0.25) is 0 Å². The zero-order chi connectivity index (χ0) is 23.5. The summed E-state index contributed by atoms with van der Waals surface area (Å²) < 4.78 is 33.4. The summed E-state index contributed by atoms with van der Waals surface area (Å²) in [6, 6.07) is 11.0. The van der Waals surface area contributed by atoms with Crippen LogP contribution in [0.15, 0.2) is 41.2 Å². The van der Waals surface area contributed by atoms with Crippen molar-refractivity contribution in [2.75, 3.05) is 13.1 Å². The highest BCUT2D eigenvalue weighted by molar-refractivity contribution is 6.04. The number of halogens is 3. The van der Waals surface area contributed by atoms with Crippen LogP contribution >= 0.6 is 0 Å². The first kappa shape index (κ1) is 23.0. The van der Waals surface area contributed by atoms with Crippen molar-refractivity contribution in [2.24, 2.45) is 5.73 Å². The van der Waals surface area contributed by atoms with E-state index in [-0.39, 0.29) is 17.0 Å². The summed E-state index contributed by atoms with van der Waals surface area (Å²) in [4.78, 5) is 35.9. The molecule has 1 aromatic carbocycles. The van der Waals surface area contributed by atoms with Gasteiger partial charge in [-0.25, -0.2) is 9.31 Å². The number of fused-ring (bicyclic) bond motifs is 1. The van der Waals surface area contributed by atoms with E-state index >= 15 is 0 Å². The third kappa shape index (κ3) is 4.97. The lowest BCUT2D eigenvalue weighted by molar-refractivity contribution is -0.192. The summed E-state index contributed by atoms with van der Waals surface area (Å²) in [7, 11) is 0. The molecule has 1 aliphatic heterocycles. The number of piperidine rings is 1. The molecule has 0 unspecified atom stereocenters. The number of benzene rings is 1. The van der Waals surface area contributed by atoms with E-state index < -0.39 is 18.1 Å². The van der Waals surface area contributed by atoms with Crippen molar-refractivity contribution in [3.8, 4) is 11.3 Å². The molecular weight excluding hydrogens is 431 g/mol. The third-order valence-corrected chi connectivity index (χ3v) is 4.94. The maximum atomic E-state index is 12.2. The van der Waals surface area contributed by atoms with Crippen molar-refractivity contribution in [1.29, 1.82) is 0 Å². The van der Waals surface area contributed by atoms with Gasteiger partial charge in [0, 0.05) is 17.5 Å². The average Bonchev–Trinajstić information content (AvgIpc) is 3.13. The predicted molar refractivity (Wildman–Crippen MR) is 108 cm³/mol. The summed E-state index contributed by atoms with van der Waals surface area (Å²) in [6.07, 6.45) is -3.24. The maximum absolute atomic E-state index is 12.2. The molecule has 3 heterocycles. The Morgan fingerprint density at radius 3 is 2.28 bits per heavy atom. The molecule has 0 saturated carbocycles. The summed E-state index contributed by atoms with van der Waals surface area (Å²) >= 11 is 0. The Kier molecular flexibility index (Phi) is 6.63. The van der Waals surface area contributed by atoms with Crippen molar-refractivity contribution >= 4 is 17.5 Å². The van der Waals surface area contributed by atoms with Gasteiger partial charge in [0.2, 0.25) is 0 Å². The summed E-state index contributed by atoms with van der Waals surface area (Å²) in [5.41, 5.74) is 8.09. The number of carbonyl (C=O) groups is 2. The van der Waals surface area contributed by atoms with Gasteiger partial charge >= 0.3 is 12.1 Å². The number of nitrogens with zero attached hydrogens (tertiary/aromatic N) is 2. The number of aromatic amines is 1. The molecule has 9 nitrogen and oxygen atoms in total. The summed E-state index contributed by atoms with van der Waals surface area (Å²) in [6.45, 7) is 1.79. The lowest BCUT2D eigenvalue weighted by atomic mass is 9.94. The largest absolute Gasteiger partial charge is 0.490 e. The van der Waals surface area contributed by atoms with Crippen LogP contribution < -0.4 is 16.6 Å². The number of alkyl halides is 3. The van der Waals surface area contributed by atoms with Crippen molar-refractivity contribution in [1.82, 2.24) is 19.9 Å². The van der Waals surface area contributed by atoms with Gasteiger partial charge in [-0.1, -0.05) is 30.3 Å². The molecule has 3 aromatic rings. The standard InChI is InChI=1S/C18H19N5O2.C2HF3O2/c19-17(25)15-16(12-4-2-1-3-5-12)22-23-13(10-14(24)21-18(15)23)11-6-8-20-9-7-11;3-2(4,5)1(6)7/h1-5,10-11,20H,6-9H2,(H2,19,25)(H,21,24);(H,6,7). The quantitative estimate of drug-likeness (QED) is 0.479. The van der Waals surface area contributed by atoms with Gasteiger partial charge in [0.25, 0.3) is 11.5 Å². The monoisotopic (exact) mass is 451 g/mol. The van der Waals surface area contributed by atoms with Crippen molar-refractivity contribution in [2.45, 2.75) is 24.9 Å². The highest BCUT2D eigenvalue weighted by Crippen LogP contribution is 2.29. The van der Waals surface area contributed by atoms with Gasteiger partial charge in [0.1, 0.15) is 16.9 Å². The van der Waals surface area contributed by atoms with E-state index in [9.17, 15) is 22.8 Å². The molecule has 1 fully saturated rings. The predicted octanol–water partition coefficient (Wildman–Crippen LogP) is 1.89. The van der Waals surface area contributed by atoms with Crippen LogP contribution in [-0.4, -0.2) is 50.8 Å². The number of carboxylic acids is 1. The minimum atomic E-state index is -5.08. The molecule has 5 N–H and O–H groups in total. The zero-order valence-corrected chi connectivity index (χ0v) is 16.6. The van der Waals surface area contributed by atoms with E-state index in [0.717, 1.165) is 37.2 Å². The first-order chi connectivity index (χ1) is 15.1. The number of carbonyl (C=O) groups excluding carboxylic acids is 1. The number of nitrogens with two attached hydrogens (primary N) is 1. The fourth-order valence-corrected chi connectivity index (χ4v) is 3.51. The number of aliphatic carboxylic acids is 1. The van der Waals surface area contributed by atoms with Gasteiger partial charge in [-0.2, -0.15) is 18.3 Å². The number of rotatable bonds is 3. The molecule has 1 amide bonds. The fraction of sp³-hybridized carbons (Fsp3) is 0.300. The first-order valence-electron chi connectivity index (χ1n) is 9.61. The van der Waals surface area contributed by atoms with Gasteiger partial charge < -0.3 is 21.1 Å². The smallest absolute Gasteiger partial charge is 0.475 e. The van der Waals surface area contributed by atoms with Crippen LogP contribution in [-0.2, 0) is 4.79 Å². The number of carboxylic acid groups (broad SMARTS) is 1. The number of aromatic nitrogens is 3. The molecule has 1 aliphatic rings. The molecule has 12 heteroatoms. The topological polar surface area (TPSA) is 143 Å². The van der Waals surface area contributed by atoms with Crippen molar-refractivity contribution in [3.05, 3.63) is 58.0 Å². The van der Waals surface area contributed by atoms with Gasteiger partial charge in [0.05, 0.1) is 5.69 Å². The third-order valence-electron chi connectivity index (χ3n) is 4.94. The molecule has 2 aromatic heterocycles. The molecule has 32 heavy (non-hydrogen) atoms. The molecule has 0 spiro atoms. The van der Waals surface area contributed by atoms with Crippen molar-refractivity contribution < 1.29 is 27.9 Å². The Balaban J connectivity index is 0.000000360. The normalized spacial score (nSPS) is 14.6. The molecule has 170 valence electrons. The second kappa shape index (κ2) is 9.22. The fourth-order valence-electron chi connectivity index (χ4n) is 3.51. The molecule has 0 bridgehead atoms. The van der Waals surface area contributed by atoms with Gasteiger partial charge in [0.15, 0.2) is 0 Å². The number of hydrogen-bond acceptors (Lipinski definition) is 5. The van der Waals surface area contributed by atoms with Crippen LogP contribution in [0, 0.1) is 0 Å². The Morgan fingerprint density at radius 1 is 1.16 bits per heavy atom. The zero-order valence-electron chi connectivity index (χ0n) is 16.6. The highest BCUT2D eigenvalue weighted by Gasteiger charge is 2.38. The lowest BCUT2D eigenvalue weighted by Crippen LogP contribution is -2.28. The molecule has 4 rings (SSSR count). The van der Waals surface area contributed by atoms with E-state index in [1.54, 1.807) is 10.6 Å². The van der Waals surface area contributed by atoms with Crippen LogP contribution in [0.3, 0.4) is 0 Å². The molecule has 0 aliphatic carbocycles. The van der Waals surface area contributed by atoms with E-state index in [1.807, 2.05) is 30.3 Å². The lowest BCUT2D eigenvalue weighted by Gasteiger charge is -2.23. The SMILES string of the molecule is NC(=O)c1c(-c2ccccc2)nn2c(C3CCNCC3)cc(=O)[nH]c12.O=C(O)C(F)(F)F. The second-order valence-electron chi connectivity index (χ2n) is 7.10. The van der Waals surface area contributed by atoms with Gasteiger partial charge in [-0.15, -0.1) is 0 Å². The first-order valence-corrected chi connectivity index (χ1v) is 9.61. The number of hydrogen-bond donors (Lipinski definition) is 4. The van der Waals surface area contributed by atoms with Crippen LogP contribution in [0.4, 0.5) is 13.2 Å². The van der Waals surface area contributed by atoms with Gasteiger partial charge in [-0.3, -0.25) is 9.59 Å². The van der Waals surface area contributed by atoms with Crippen molar-refractivity contribution in [3.63, 3.8) is 0 Å². The van der Waals surface area contributed by atoms with E-state index in [2.05, 4.69) is 15.4 Å². The van der Waals surface area contributed by atoms with Gasteiger partial charge in [-0.05, 0) is 25.9 Å². The second-order valence-corrected chi connectivity index (χ2v) is 7.10. The Hall–Kier alpha value is -3.67. The molecule has 0 atom stereocenters. The van der Waals surface area contributed by atoms with Crippen LogP contribution in [0.1, 0.15) is 34.8 Å². The molecule has 0 radical (unpaired) electrons. The minimum Gasteiger partial charge on any atom is -0.475 e.